The summed E-state index contributed by atoms with van der Waals surface area (Å²) in [6.45, 7) is 1.96. The van der Waals surface area contributed by atoms with Crippen LogP contribution in [-0.2, 0) is 13.0 Å². The molecule has 1 atom stereocenters. The Morgan fingerprint density at radius 3 is 3.10 bits per heavy atom. The summed E-state index contributed by atoms with van der Waals surface area (Å²) in [5, 5.41) is 22.4. The number of nitrogens with one attached hydrogen (secondary N) is 2. The number of aromatic amines is 1. The number of imidazole rings is 1. The summed E-state index contributed by atoms with van der Waals surface area (Å²) >= 11 is 8.10. The molecule has 4 aromatic rings. The standard InChI is InChI=1S/C20H23ClN8S/c1-28(2)8-9-29-11-22-18-12(4-3-5-16(18)29)19-26-27-20(30-19)24-15-7-6-14-13(17(15)21)10-23-25-14/h6-7,10-12H,3-5,8-9H2,1-2H3,(H,23,25)(H,24,27). The summed E-state index contributed by atoms with van der Waals surface area (Å²) in [5.74, 6) is 0.203. The van der Waals surface area contributed by atoms with E-state index in [1.54, 1.807) is 17.5 Å². The van der Waals surface area contributed by atoms with E-state index in [9.17, 15) is 0 Å². The second-order valence-electron chi connectivity index (χ2n) is 7.85. The van der Waals surface area contributed by atoms with Gasteiger partial charge >= 0.3 is 0 Å². The number of nitrogens with zero attached hydrogens (tertiary/aromatic N) is 6. The summed E-state index contributed by atoms with van der Waals surface area (Å²) < 4.78 is 2.29. The van der Waals surface area contributed by atoms with Crippen molar-refractivity contribution in [2.75, 3.05) is 26.0 Å². The molecule has 30 heavy (non-hydrogen) atoms. The molecule has 0 aliphatic heterocycles. The van der Waals surface area contributed by atoms with E-state index in [2.05, 4.69) is 49.3 Å². The first kappa shape index (κ1) is 19.5. The van der Waals surface area contributed by atoms with Crippen molar-refractivity contribution in [3.05, 3.63) is 46.1 Å². The van der Waals surface area contributed by atoms with E-state index in [0.717, 1.165) is 64.8 Å². The third-order valence-electron chi connectivity index (χ3n) is 5.54. The van der Waals surface area contributed by atoms with Crippen molar-refractivity contribution in [2.24, 2.45) is 0 Å². The molecule has 0 radical (unpaired) electrons. The van der Waals surface area contributed by atoms with Gasteiger partial charge in [-0.3, -0.25) is 5.10 Å². The molecule has 0 spiro atoms. The highest BCUT2D eigenvalue weighted by molar-refractivity contribution is 7.15. The van der Waals surface area contributed by atoms with Gasteiger partial charge in [0.1, 0.15) is 5.01 Å². The molecule has 156 valence electrons. The third kappa shape index (κ3) is 3.57. The highest BCUT2D eigenvalue weighted by Gasteiger charge is 2.29. The second-order valence-corrected chi connectivity index (χ2v) is 9.23. The molecule has 1 aliphatic carbocycles. The van der Waals surface area contributed by atoms with Gasteiger partial charge in [-0.1, -0.05) is 22.9 Å². The van der Waals surface area contributed by atoms with Gasteiger partial charge in [0.15, 0.2) is 0 Å². The minimum absolute atomic E-state index is 0.203. The van der Waals surface area contributed by atoms with E-state index in [0.29, 0.717) is 5.02 Å². The molecule has 0 bridgehead atoms. The fourth-order valence-electron chi connectivity index (χ4n) is 3.96. The molecule has 3 heterocycles. The zero-order valence-electron chi connectivity index (χ0n) is 16.9. The van der Waals surface area contributed by atoms with Gasteiger partial charge in [-0.25, -0.2) is 4.98 Å². The van der Waals surface area contributed by atoms with Gasteiger partial charge < -0.3 is 14.8 Å². The summed E-state index contributed by atoms with van der Waals surface area (Å²) in [6, 6.07) is 3.88. The zero-order chi connectivity index (χ0) is 20.7. The van der Waals surface area contributed by atoms with E-state index in [4.69, 9.17) is 16.6 Å². The van der Waals surface area contributed by atoms with E-state index >= 15 is 0 Å². The summed E-state index contributed by atoms with van der Waals surface area (Å²) in [7, 11) is 4.19. The third-order valence-corrected chi connectivity index (χ3v) is 6.90. The number of hydrogen-bond acceptors (Lipinski definition) is 7. The highest BCUT2D eigenvalue weighted by atomic mass is 35.5. The van der Waals surface area contributed by atoms with Crippen molar-refractivity contribution in [2.45, 2.75) is 31.7 Å². The van der Waals surface area contributed by atoms with Crippen LogP contribution in [0.4, 0.5) is 10.8 Å². The van der Waals surface area contributed by atoms with E-state index < -0.39 is 0 Å². The Hall–Kier alpha value is -2.49. The number of likely N-dealkylation sites (N-methyl/N-ethyl adjacent to an activating group) is 1. The van der Waals surface area contributed by atoms with Gasteiger partial charge in [-0.15, -0.1) is 10.2 Å². The van der Waals surface area contributed by atoms with Crippen LogP contribution in [0, 0.1) is 0 Å². The molecule has 1 unspecified atom stereocenters. The van der Waals surface area contributed by atoms with Crippen molar-refractivity contribution in [3.8, 4) is 0 Å². The maximum Gasteiger partial charge on any atom is 0.210 e. The molecule has 10 heteroatoms. The average Bonchev–Trinajstić information content (AvgIpc) is 3.48. The van der Waals surface area contributed by atoms with Gasteiger partial charge in [0.2, 0.25) is 5.13 Å². The van der Waals surface area contributed by atoms with Crippen LogP contribution in [0.2, 0.25) is 5.02 Å². The molecule has 1 aliphatic rings. The van der Waals surface area contributed by atoms with Gasteiger partial charge in [0.25, 0.3) is 0 Å². The van der Waals surface area contributed by atoms with Gasteiger partial charge in [0.05, 0.1) is 40.4 Å². The van der Waals surface area contributed by atoms with Gasteiger partial charge in [-0.05, 0) is 45.5 Å². The van der Waals surface area contributed by atoms with Crippen LogP contribution in [0.25, 0.3) is 10.9 Å². The predicted octanol–water partition coefficient (Wildman–Crippen LogP) is 4.04. The molecule has 0 saturated carbocycles. The Balaban J connectivity index is 1.38. The molecule has 3 aromatic heterocycles. The number of benzene rings is 1. The molecule has 0 fully saturated rings. The first-order valence-electron chi connectivity index (χ1n) is 10.0. The Labute approximate surface area is 183 Å². The summed E-state index contributed by atoms with van der Waals surface area (Å²) in [5.41, 5.74) is 4.19. The molecule has 2 N–H and O–H groups in total. The SMILES string of the molecule is CN(C)CCn1cnc2c1CCCC2c1nnc(Nc2ccc3[nH]ncc3c2Cl)s1. The maximum atomic E-state index is 6.53. The maximum absolute atomic E-state index is 6.53. The first-order chi connectivity index (χ1) is 14.6. The first-order valence-corrected chi connectivity index (χ1v) is 11.2. The van der Waals surface area contributed by atoms with Crippen molar-refractivity contribution >= 4 is 44.7 Å². The number of anilines is 2. The number of H-pyrrole nitrogens is 1. The van der Waals surface area contributed by atoms with Crippen LogP contribution < -0.4 is 5.32 Å². The van der Waals surface area contributed by atoms with Gasteiger partial charge in [-0.2, -0.15) is 5.10 Å². The number of halogens is 1. The fraction of sp³-hybridized carbons (Fsp3) is 0.400. The highest BCUT2D eigenvalue weighted by Crippen LogP contribution is 2.39. The molecular formula is C20H23ClN8S. The summed E-state index contributed by atoms with van der Waals surface area (Å²) in [6.07, 6.45) is 6.96. The molecule has 1 aromatic carbocycles. The largest absolute Gasteiger partial charge is 0.333 e. The molecule has 0 saturated heterocycles. The zero-order valence-corrected chi connectivity index (χ0v) is 18.5. The topological polar surface area (TPSA) is 87.5 Å². The van der Waals surface area contributed by atoms with Crippen LogP contribution >= 0.6 is 22.9 Å². The smallest absolute Gasteiger partial charge is 0.210 e. The number of fused-ring (bicyclic) bond motifs is 2. The Morgan fingerprint density at radius 1 is 1.33 bits per heavy atom. The summed E-state index contributed by atoms with van der Waals surface area (Å²) in [4.78, 5) is 6.96. The normalized spacial score (nSPS) is 16.3. The predicted molar refractivity (Wildman–Crippen MR) is 120 cm³/mol. The van der Waals surface area contributed by atoms with Crippen LogP contribution in [0.3, 0.4) is 0 Å². The number of rotatable bonds is 6. The lowest BCUT2D eigenvalue weighted by Crippen LogP contribution is -2.20. The molecule has 0 amide bonds. The van der Waals surface area contributed by atoms with Crippen molar-refractivity contribution in [3.63, 3.8) is 0 Å². The van der Waals surface area contributed by atoms with Crippen LogP contribution in [0.15, 0.2) is 24.7 Å². The minimum atomic E-state index is 0.203. The minimum Gasteiger partial charge on any atom is -0.333 e. The average molecular weight is 443 g/mol. The van der Waals surface area contributed by atoms with Crippen LogP contribution in [0.1, 0.15) is 35.2 Å². The van der Waals surface area contributed by atoms with Crippen molar-refractivity contribution < 1.29 is 0 Å². The van der Waals surface area contributed by atoms with Crippen molar-refractivity contribution in [1.29, 1.82) is 0 Å². The Bertz CT molecular complexity index is 1180. The second kappa shape index (κ2) is 7.98. The lowest BCUT2D eigenvalue weighted by atomic mass is 9.90. The Kier molecular flexibility index (Phi) is 5.18. The van der Waals surface area contributed by atoms with Crippen molar-refractivity contribution in [1.82, 2.24) is 34.8 Å². The van der Waals surface area contributed by atoms with E-state index in [1.807, 2.05) is 18.5 Å². The van der Waals surface area contributed by atoms with Gasteiger partial charge in [0, 0.05) is 24.2 Å². The fourth-order valence-corrected chi connectivity index (χ4v) is 5.11. The van der Waals surface area contributed by atoms with Crippen LogP contribution in [-0.4, -0.2) is 55.5 Å². The lowest BCUT2D eigenvalue weighted by Gasteiger charge is -2.21. The lowest BCUT2D eigenvalue weighted by molar-refractivity contribution is 0.379. The molecular weight excluding hydrogens is 420 g/mol. The monoisotopic (exact) mass is 442 g/mol. The van der Waals surface area contributed by atoms with E-state index in [-0.39, 0.29) is 5.92 Å². The molecule has 8 nitrogen and oxygen atoms in total. The molecule has 5 rings (SSSR count). The number of aromatic nitrogens is 6. The Morgan fingerprint density at radius 2 is 2.23 bits per heavy atom. The quantitative estimate of drug-likeness (QED) is 0.468. The van der Waals surface area contributed by atoms with E-state index in [1.165, 1.54) is 5.69 Å². The number of hydrogen-bond donors (Lipinski definition) is 2. The van der Waals surface area contributed by atoms with Crippen LogP contribution in [0.5, 0.6) is 0 Å².